The van der Waals surface area contributed by atoms with Crippen LogP contribution < -0.4 is 5.32 Å². The van der Waals surface area contributed by atoms with Gasteiger partial charge >= 0.3 is 5.97 Å². The van der Waals surface area contributed by atoms with Crippen molar-refractivity contribution in [1.29, 1.82) is 0 Å². The number of hydrogen-bond acceptors (Lipinski definition) is 8. The Bertz CT molecular complexity index is 1110. The SMILES string of the molecule is CCOC(=O)c1c(C2CC2)csc1NC(=O)CSc1nnc(Cc2cccs2)n1C1CC1. The quantitative estimate of drug-likeness (QED) is 0.315. The molecule has 2 saturated carbocycles. The van der Waals surface area contributed by atoms with Crippen molar-refractivity contribution in [2.24, 2.45) is 0 Å². The van der Waals surface area contributed by atoms with Crippen LogP contribution in [0.2, 0.25) is 0 Å². The van der Waals surface area contributed by atoms with E-state index in [0.29, 0.717) is 29.1 Å². The highest BCUT2D eigenvalue weighted by Crippen LogP contribution is 2.46. The van der Waals surface area contributed by atoms with Crippen LogP contribution in [0, 0.1) is 0 Å². The zero-order valence-electron chi connectivity index (χ0n) is 17.7. The Hall–Kier alpha value is -2.17. The molecule has 10 heteroatoms. The van der Waals surface area contributed by atoms with E-state index < -0.39 is 0 Å². The Balaban J connectivity index is 1.26. The Labute approximate surface area is 198 Å². The van der Waals surface area contributed by atoms with Crippen LogP contribution in [-0.4, -0.2) is 39.0 Å². The number of ether oxygens (including phenoxy) is 1. The molecule has 3 aromatic rings. The number of carbonyl (C=O) groups is 2. The molecule has 7 nitrogen and oxygen atoms in total. The summed E-state index contributed by atoms with van der Waals surface area (Å²) in [6, 6.07) is 4.58. The zero-order valence-corrected chi connectivity index (χ0v) is 20.2. The summed E-state index contributed by atoms with van der Waals surface area (Å²) >= 11 is 4.51. The topological polar surface area (TPSA) is 86.1 Å². The van der Waals surface area contributed by atoms with Gasteiger partial charge in [0.1, 0.15) is 10.8 Å². The van der Waals surface area contributed by atoms with Crippen LogP contribution in [0.15, 0.2) is 28.0 Å². The third-order valence-corrected chi connectivity index (χ3v) is 8.19. The Kier molecular flexibility index (Phi) is 6.34. The second-order valence-corrected chi connectivity index (χ2v) is 10.8. The van der Waals surface area contributed by atoms with Gasteiger partial charge in [-0.15, -0.1) is 32.9 Å². The van der Waals surface area contributed by atoms with Gasteiger partial charge < -0.3 is 14.6 Å². The van der Waals surface area contributed by atoms with E-state index in [1.807, 2.05) is 11.4 Å². The summed E-state index contributed by atoms with van der Waals surface area (Å²) in [5.41, 5.74) is 1.53. The lowest BCUT2D eigenvalue weighted by Gasteiger charge is -2.09. The van der Waals surface area contributed by atoms with Crippen LogP contribution in [0.3, 0.4) is 0 Å². The van der Waals surface area contributed by atoms with Crippen LogP contribution in [0.5, 0.6) is 0 Å². The van der Waals surface area contributed by atoms with E-state index in [1.165, 1.54) is 28.0 Å². The van der Waals surface area contributed by atoms with Gasteiger partial charge in [-0.3, -0.25) is 4.79 Å². The zero-order chi connectivity index (χ0) is 22.1. The molecule has 2 fully saturated rings. The molecule has 0 bridgehead atoms. The van der Waals surface area contributed by atoms with Gasteiger partial charge in [-0.2, -0.15) is 0 Å². The lowest BCUT2D eigenvalue weighted by atomic mass is 10.1. The smallest absolute Gasteiger partial charge is 0.341 e. The molecule has 2 aliphatic rings. The maximum absolute atomic E-state index is 12.7. The average Bonchev–Trinajstić information content (AvgIpc) is 3.67. The summed E-state index contributed by atoms with van der Waals surface area (Å²) in [6.07, 6.45) is 5.17. The van der Waals surface area contributed by atoms with Crippen LogP contribution in [0.4, 0.5) is 5.00 Å². The molecule has 0 unspecified atom stereocenters. The predicted octanol–water partition coefficient (Wildman–Crippen LogP) is 5.11. The van der Waals surface area contributed by atoms with Crippen LogP contribution in [0.25, 0.3) is 0 Å². The lowest BCUT2D eigenvalue weighted by molar-refractivity contribution is -0.113. The fourth-order valence-electron chi connectivity index (χ4n) is 3.66. The number of anilines is 1. The molecule has 0 aromatic carbocycles. The molecule has 0 radical (unpaired) electrons. The third-order valence-electron chi connectivity index (χ3n) is 5.46. The van der Waals surface area contributed by atoms with E-state index in [-0.39, 0.29) is 17.6 Å². The van der Waals surface area contributed by atoms with E-state index in [2.05, 4.69) is 31.5 Å². The number of aromatic nitrogens is 3. The first-order valence-corrected chi connectivity index (χ1v) is 13.6. The highest BCUT2D eigenvalue weighted by atomic mass is 32.2. The minimum Gasteiger partial charge on any atom is -0.462 e. The van der Waals surface area contributed by atoms with Crippen molar-refractivity contribution in [1.82, 2.24) is 14.8 Å². The Morgan fingerprint density at radius 3 is 2.78 bits per heavy atom. The molecule has 2 aliphatic carbocycles. The minimum absolute atomic E-state index is 0.158. The normalized spacial score (nSPS) is 15.7. The number of nitrogens with one attached hydrogen (secondary N) is 1. The lowest BCUT2D eigenvalue weighted by Crippen LogP contribution is -2.17. The maximum Gasteiger partial charge on any atom is 0.341 e. The summed E-state index contributed by atoms with van der Waals surface area (Å²) in [6.45, 7) is 2.10. The van der Waals surface area contributed by atoms with Gasteiger partial charge in [-0.25, -0.2) is 4.79 Å². The standard InChI is InChI=1S/C22H24N4O3S3/c1-2-29-21(28)19-16(13-5-6-13)11-31-20(19)23-18(27)12-32-22-25-24-17(26(22)14-7-8-14)10-15-4-3-9-30-15/h3-4,9,11,13-14H,2,5-8,10,12H2,1H3,(H,23,27). The largest absolute Gasteiger partial charge is 0.462 e. The second-order valence-electron chi connectivity index (χ2n) is 7.98. The second kappa shape index (κ2) is 9.36. The molecular weight excluding hydrogens is 464 g/mol. The molecule has 32 heavy (non-hydrogen) atoms. The molecule has 5 rings (SSSR count). The molecule has 3 aromatic heterocycles. The Morgan fingerprint density at radius 2 is 2.09 bits per heavy atom. The van der Waals surface area contributed by atoms with E-state index in [0.717, 1.165) is 48.6 Å². The molecule has 0 atom stereocenters. The highest BCUT2D eigenvalue weighted by Gasteiger charge is 2.33. The summed E-state index contributed by atoms with van der Waals surface area (Å²) in [5, 5.41) is 17.1. The van der Waals surface area contributed by atoms with Crippen molar-refractivity contribution >= 4 is 51.3 Å². The summed E-state index contributed by atoms with van der Waals surface area (Å²) in [4.78, 5) is 26.5. The van der Waals surface area contributed by atoms with Crippen molar-refractivity contribution in [3.8, 4) is 0 Å². The van der Waals surface area contributed by atoms with Gasteiger partial charge in [0, 0.05) is 17.3 Å². The van der Waals surface area contributed by atoms with Gasteiger partial charge in [0.2, 0.25) is 5.91 Å². The first kappa shape index (κ1) is 21.7. The first-order valence-electron chi connectivity index (χ1n) is 10.8. The molecule has 0 saturated heterocycles. The number of esters is 1. The number of thiophene rings is 2. The monoisotopic (exact) mass is 488 g/mol. The van der Waals surface area contributed by atoms with Gasteiger partial charge in [0.15, 0.2) is 5.16 Å². The van der Waals surface area contributed by atoms with Gasteiger partial charge in [0.25, 0.3) is 0 Å². The number of amides is 1. The molecule has 0 aliphatic heterocycles. The minimum atomic E-state index is -0.356. The van der Waals surface area contributed by atoms with Crippen molar-refractivity contribution in [3.05, 3.63) is 44.7 Å². The fourth-order valence-corrected chi connectivity index (χ4v) is 6.23. The average molecular weight is 489 g/mol. The predicted molar refractivity (Wildman–Crippen MR) is 127 cm³/mol. The maximum atomic E-state index is 12.7. The highest BCUT2D eigenvalue weighted by molar-refractivity contribution is 7.99. The number of carbonyl (C=O) groups excluding carboxylic acids is 2. The summed E-state index contributed by atoms with van der Waals surface area (Å²) in [5.74, 6) is 1.06. The molecular formula is C22H24N4O3S3. The molecule has 1 amide bonds. The summed E-state index contributed by atoms with van der Waals surface area (Å²) < 4.78 is 7.43. The van der Waals surface area contributed by atoms with Crippen molar-refractivity contribution in [2.45, 2.75) is 56.1 Å². The molecule has 1 N–H and O–H groups in total. The van der Waals surface area contributed by atoms with Gasteiger partial charge in [0.05, 0.1) is 17.9 Å². The number of thioether (sulfide) groups is 1. The third kappa shape index (κ3) is 4.77. The number of rotatable bonds is 10. The van der Waals surface area contributed by atoms with Crippen molar-refractivity contribution in [3.63, 3.8) is 0 Å². The van der Waals surface area contributed by atoms with Crippen LogP contribution in [-0.2, 0) is 16.0 Å². The molecule has 0 spiro atoms. The van der Waals surface area contributed by atoms with Gasteiger partial charge in [-0.1, -0.05) is 17.8 Å². The molecule has 3 heterocycles. The van der Waals surface area contributed by atoms with Crippen LogP contribution >= 0.6 is 34.4 Å². The molecule has 168 valence electrons. The van der Waals surface area contributed by atoms with Crippen molar-refractivity contribution in [2.75, 3.05) is 17.7 Å². The van der Waals surface area contributed by atoms with Crippen molar-refractivity contribution < 1.29 is 14.3 Å². The fraction of sp³-hybridized carbons (Fsp3) is 0.455. The van der Waals surface area contributed by atoms with E-state index in [4.69, 9.17) is 4.74 Å². The van der Waals surface area contributed by atoms with E-state index >= 15 is 0 Å². The van der Waals surface area contributed by atoms with Gasteiger partial charge in [-0.05, 0) is 60.9 Å². The van der Waals surface area contributed by atoms with E-state index in [9.17, 15) is 9.59 Å². The Morgan fingerprint density at radius 1 is 1.25 bits per heavy atom. The first-order chi connectivity index (χ1) is 15.6. The van der Waals surface area contributed by atoms with Crippen LogP contribution in [0.1, 0.15) is 71.2 Å². The summed E-state index contributed by atoms with van der Waals surface area (Å²) in [7, 11) is 0. The number of nitrogens with zero attached hydrogens (tertiary/aromatic N) is 3. The van der Waals surface area contributed by atoms with E-state index in [1.54, 1.807) is 18.3 Å². The number of hydrogen-bond donors (Lipinski definition) is 1.